The van der Waals surface area contributed by atoms with Crippen molar-refractivity contribution in [2.45, 2.75) is 0 Å². The van der Waals surface area contributed by atoms with E-state index in [1.54, 1.807) is 0 Å². The molecule has 21 heavy (non-hydrogen) atoms. The number of nitrogens with two attached hydrogens (primary N) is 1. The highest BCUT2D eigenvalue weighted by atomic mass is 79.9. The van der Waals surface area contributed by atoms with Gasteiger partial charge in [0.05, 0.1) is 15.8 Å². The predicted octanol–water partition coefficient (Wildman–Crippen LogP) is 3.33. The number of amides is 1. The van der Waals surface area contributed by atoms with Crippen LogP contribution in [0, 0.1) is 11.6 Å². The third kappa shape index (κ3) is 4.16. The van der Waals surface area contributed by atoms with Crippen LogP contribution in [-0.4, -0.2) is 12.5 Å². The van der Waals surface area contributed by atoms with E-state index in [-0.39, 0.29) is 23.7 Å². The molecule has 0 saturated heterocycles. The standard InChI is InChI=1S/C14H11BrF2N2O2/c15-10-3-2-9(6-11(10)17)21-7-14(20)19-13-5-8(16)1-4-12(13)18/h1-6H,7,18H2,(H,19,20). The van der Waals surface area contributed by atoms with Crippen molar-refractivity contribution in [1.82, 2.24) is 0 Å². The molecule has 0 fully saturated rings. The van der Waals surface area contributed by atoms with Gasteiger partial charge in [-0.05, 0) is 46.3 Å². The van der Waals surface area contributed by atoms with Gasteiger partial charge in [0.1, 0.15) is 17.4 Å². The molecule has 0 aliphatic rings. The van der Waals surface area contributed by atoms with Crippen LogP contribution in [0.1, 0.15) is 0 Å². The third-order valence-corrected chi connectivity index (χ3v) is 3.19. The van der Waals surface area contributed by atoms with E-state index in [9.17, 15) is 13.6 Å². The van der Waals surface area contributed by atoms with Gasteiger partial charge in [0.2, 0.25) is 0 Å². The number of hydrogen-bond donors (Lipinski definition) is 2. The predicted molar refractivity (Wildman–Crippen MR) is 79.0 cm³/mol. The number of halogens is 3. The van der Waals surface area contributed by atoms with Crippen LogP contribution in [0.5, 0.6) is 5.75 Å². The SMILES string of the molecule is Nc1ccc(F)cc1NC(=O)COc1ccc(Br)c(F)c1. The van der Waals surface area contributed by atoms with Crippen LogP contribution in [0.3, 0.4) is 0 Å². The Balaban J connectivity index is 1.95. The minimum Gasteiger partial charge on any atom is -0.484 e. The van der Waals surface area contributed by atoms with Gasteiger partial charge in [-0.25, -0.2) is 8.78 Å². The average molecular weight is 357 g/mol. The van der Waals surface area contributed by atoms with Gasteiger partial charge in [-0.3, -0.25) is 4.79 Å². The zero-order valence-corrected chi connectivity index (χ0v) is 12.3. The first-order valence-corrected chi connectivity index (χ1v) is 6.68. The number of carbonyl (C=O) groups is 1. The molecule has 2 rings (SSSR count). The zero-order valence-electron chi connectivity index (χ0n) is 10.7. The Morgan fingerprint density at radius 1 is 1.24 bits per heavy atom. The monoisotopic (exact) mass is 356 g/mol. The Labute approximate surface area is 128 Å². The number of nitrogen functional groups attached to an aromatic ring is 1. The van der Waals surface area contributed by atoms with Gasteiger partial charge in [-0.2, -0.15) is 0 Å². The Bertz CT molecular complexity index is 680. The number of benzene rings is 2. The van der Waals surface area contributed by atoms with E-state index in [1.807, 2.05) is 0 Å². The fourth-order valence-corrected chi connectivity index (χ4v) is 1.79. The van der Waals surface area contributed by atoms with Crippen molar-refractivity contribution in [3.8, 4) is 5.75 Å². The van der Waals surface area contributed by atoms with E-state index in [4.69, 9.17) is 10.5 Å². The minimum absolute atomic E-state index is 0.158. The molecule has 0 saturated carbocycles. The fourth-order valence-electron chi connectivity index (χ4n) is 1.54. The molecule has 0 radical (unpaired) electrons. The molecule has 0 bridgehead atoms. The van der Waals surface area contributed by atoms with Crippen molar-refractivity contribution in [3.63, 3.8) is 0 Å². The van der Waals surface area contributed by atoms with Crippen LogP contribution in [0.25, 0.3) is 0 Å². The number of hydrogen-bond acceptors (Lipinski definition) is 3. The molecular weight excluding hydrogens is 346 g/mol. The lowest BCUT2D eigenvalue weighted by Crippen LogP contribution is -2.21. The first-order chi connectivity index (χ1) is 9.95. The molecule has 0 aliphatic heterocycles. The summed E-state index contributed by atoms with van der Waals surface area (Å²) in [5.74, 6) is -1.34. The summed E-state index contributed by atoms with van der Waals surface area (Å²) in [5.41, 5.74) is 6.00. The van der Waals surface area contributed by atoms with E-state index >= 15 is 0 Å². The smallest absolute Gasteiger partial charge is 0.262 e. The van der Waals surface area contributed by atoms with E-state index in [0.717, 1.165) is 12.1 Å². The maximum absolute atomic E-state index is 13.3. The summed E-state index contributed by atoms with van der Waals surface area (Å²) in [6.07, 6.45) is 0. The van der Waals surface area contributed by atoms with Gasteiger partial charge in [0.15, 0.2) is 6.61 Å². The summed E-state index contributed by atoms with van der Waals surface area (Å²) in [6.45, 7) is -0.350. The summed E-state index contributed by atoms with van der Waals surface area (Å²) < 4.78 is 31.7. The molecule has 3 N–H and O–H groups in total. The molecule has 1 amide bonds. The third-order valence-electron chi connectivity index (χ3n) is 2.55. The largest absolute Gasteiger partial charge is 0.484 e. The molecule has 4 nitrogen and oxygen atoms in total. The van der Waals surface area contributed by atoms with Crippen molar-refractivity contribution in [2.24, 2.45) is 0 Å². The first-order valence-electron chi connectivity index (χ1n) is 5.88. The second-order valence-electron chi connectivity index (χ2n) is 4.14. The summed E-state index contributed by atoms with van der Waals surface area (Å²) in [6, 6.07) is 7.76. The van der Waals surface area contributed by atoms with Gasteiger partial charge in [0, 0.05) is 6.07 Å². The molecular formula is C14H11BrF2N2O2. The molecule has 7 heteroatoms. The van der Waals surface area contributed by atoms with E-state index in [1.165, 1.54) is 24.3 Å². The van der Waals surface area contributed by atoms with Crippen LogP contribution in [0.4, 0.5) is 20.2 Å². The fraction of sp³-hybridized carbons (Fsp3) is 0.0714. The summed E-state index contributed by atoms with van der Waals surface area (Å²) >= 11 is 3.01. The van der Waals surface area contributed by atoms with Crippen LogP contribution in [-0.2, 0) is 4.79 Å². The normalized spacial score (nSPS) is 10.2. The van der Waals surface area contributed by atoms with Gasteiger partial charge >= 0.3 is 0 Å². The molecule has 0 atom stereocenters. The van der Waals surface area contributed by atoms with Crippen molar-refractivity contribution >= 4 is 33.2 Å². The lowest BCUT2D eigenvalue weighted by molar-refractivity contribution is -0.118. The van der Waals surface area contributed by atoms with Crippen LogP contribution in [0.15, 0.2) is 40.9 Å². The molecule has 2 aromatic carbocycles. The number of ether oxygens (including phenoxy) is 1. The maximum Gasteiger partial charge on any atom is 0.262 e. The zero-order chi connectivity index (χ0) is 15.4. The number of carbonyl (C=O) groups excluding carboxylic acids is 1. The molecule has 0 spiro atoms. The molecule has 0 unspecified atom stereocenters. The topological polar surface area (TPSA) is 64.3 Å². The Hall–Kier alpha value is -2.15. The Morgan fingerprint density at radius 2 is 2.00 bits per heavy atom. The maximum atomic E-state index is 13.3. The first kappa shape index (κ1) is 15.2. The van der Waals surface area contributed by atoms with Crippen molar-refractivity contribution in [1.29, 1.82) is 0 Å². The van der Waals surface area contributed by atoms with Crippen molar-refractivity contribution in [3.05, 3.63) is 52.5 Å². The van der Waals surface area contributed by atoms with Crippen LogP contribution < -0.4 is 15.8 Å². The quantitative estimate of drug-likeness (QED) is 0.825. The minimum atomic E-state index is -0.532. The van der Waals surface area contributed by atoms with E-state index < -0.39 is 17.5 Å². The van der Waals surface area contributed by atoms with Gasteiger partial charge < -0.3 is 15.8 Å². The van der Waals surface area contributed by atoms with Crippen LogP contribution >= 0.6 is 15.9 Å². The highest BCUT2D eigenvalue weighted by Gasteiger charge is 2.08. The number of nitrogens with one attached hydrogen (secondary N) is 1. The highest BCUT2D eigenvalue weighted by Crippen LogP contribution is 2.21. The molecule has 110 valence electrons. The highest BCUT2D eigenvalue weighted by molar-refractivity contribution is 9.10. The molecule has 0 aromatic heterocycles. The van der Waals surface area contributed by atoms with Crippen LogP contribution in [0.2, 0.25) is 0 Å². The average Bonchev–Trinajstić information content (AvgIpc) is 2.44. The number of rotatable bonds is 4. The molecule has 0 aliphatic carbocycles. The Kier molecular flexibility index (Phi) is 4.74. The molecule has 2 aromatic rings. The van der Waals surface area contributed by atoms with Gasteiger partial charge in [0.25, 0.3) is 5.91 Å². The summed E-state index contributed by atoms with van der Waals surface area (Å²) in [7, 11) is 0. The van der Waals surface area contributed by atoms with E-state index in [0.29, 0.717) is 4.47 Å². The summed E-state index contributed by atoms with van der Waals surface area (Å²) in [5, 5.41) is 2.42. The van der Waals surface area contributed by atoms with Gasteiger partial charge in [-0.1, -0.05) is 0 Å². The lowest BCUT2D eigenvalue weighted by Gasteiger charge is -2.09. The molecule has 0 heterocycles. The second-order valence-corrected chi connectivity index (χ2v) is 5.00. The van der Waals surface area contributed by atoms with Crippen molar-refractivity contribution in [2.75, 3.05) is 17.7 Å². The van der Waals surface area contributed by atoms with E-state index in [2.05, 4.69) is 21.2 Å². The second kappa shape index (κ2) is 6.53. The lowest BCUT2D eigenvalue weighted by atomic mass is 10.2. The number of anilines is 2. The van der Waals surface area contributed by atoms with Gasteiger partial charge in [-0.15, -0.1) is 0 Å². The summed E-state index contributed by atoms with van der Waals surface area (Å²) in [4.78, 5) is 11.7. The Morgan fingerprint density at radius 3 is 2.71 bits per heavy atom. The van der Waals surface area contributed by atoms with Crippen molar-refractivity contribution < 1.29 is 18.3 Å².